The van der Waals surface area contributed by atoms with Crippen molar-refractivity contribution in [2.45, 2.75) is 44.6 Å². The maximum Gasteiger partial charge on any atom is 0.233 e. The first-order chi connectivity index (χ1) is 12.3. The van der Waals surface area contributed by atoms with E-state index in [1.54, 1.807) is 18.3 Å². The van der Waals surface area contributed by atoms with Crippen LogP contribution in [0.4, 0.5) is 0 Å². The molecule has 25 heavy (non-hydrogen) atoms. The van der Waals surface area contributed by atoms with Crippen LogP contribution in [0.3, 0.4) is 0 Å². The maximum atomic E-state index is 12.4. The zero-order valence-electron chi connectivity index (χ0n) is 14.5. The van der Waals surface area contributed by atoms with Gasteiger partial charge in [0.25, 0.3) is 0 Å². The maximum absolute atomic E-state index is 12.4. The molecule has 0 N–H and O–H groups in total. The fraction of sp³-hybridized carbons (Fsp3) is 0.450. The Morgan fingerprint density at radius 2 is 2.04 bits per heavy atom. The Morgan fingerprint density at radius 1 is 1.16 bits per heavy atom. The van der Waals surface area contributed by atoms with Crippen LogP contribution < -0.4 is 4.74 Å². The Morgan fingerprint density at radius 3 is 2.84 bits per heavy atom. The van der Waals surface area contributed by atoms with Gasteiger partial charge in [-0.3, -0.25) is 4.79 Å². The number of ether oxygens (including phenoxy) is 1. The lowest BCUT2D eigenvalue weighted by molar-refractivity contribution is -0.134. The number of benzene rings is 1. The number of carbonyl (C=O) groups is 1. The van der Waals surface area contributed by atoms with Crippen LogP contribution in [0.25, 0.3) is 0 Å². The van der Waals surface area contributed by atoms with E-state index in [4.69, 9.17) is 4.74 Å². The minimum atomic E-state index is 0.0127. The third-order valence-electron chi connectivity index (χ3n) is 4.52. The summed E-state index contributed by atoms with van der Waals surface area (Å²) in [5.74, 6) is 0.769. The summed E-state index contributed by atoms with van der Waals surface area (Å²) in [6.07, 6.45) is 7.19. The van der Waals surface area contributed by atoms with Crippen LogP contribution in [0, 0.1) is 0 Å². The Kier molecular flexibility index (Phi) is 6.37. The molecule has 2 aromatic rings. The molecule has 1 saturated heterocycles. The van der Waals surface area contributed by atoms with Crippen LogP contribution in [-0.4, -0.2) is 40.2 Å². The largest absolute Gasteiger partial charge is 0.471 e. The van der Waals surface area contributed by atoms with Crippen LogP contribution in [0.15, 0.2) is 48.7 Å². The van der Waals surface area contributed by atoms with Crippen molar-refractivity contribution in [3.63, 3.8) is 0 Å². The van der Waals surface area contributed by atoms with Gasteiger partial charge in [-0.05, 0) is 43.7 Å². The zero-order valence-corrected chi connectivity index (χ0v) is 14.5. The molecule has 0 radical (unpaired) electrons. The number of amides is 1. The number of hydrogen-bond donors (Lipinski definition) is 0. The van der Waals surface area contributed by atoms with Crippen molar-refractivity contribution in [3.8, 4) is 5.88 Å². The topological polar surface area (TPSA) is 55.3 Å². The number of aromatic nitrogens is 2. The van der Waals surface area contributed by atoms with Gasteiger partial charge in [-0.15, -0.1) is 5.10 Å². The predicted molar refractivity (Wildman–Crippen MR) is 96.3 cm³/mol. The first-order valence-electron chi connectivity index (χ1n) is 9.07. The predicted octanol–water partition coefficient (Wildman–Crippen LogP) is 3.26. The van der Waals surface area contributed by atoms with Gasteiger partial charge in [0.1, 0.15) is 6.10 Å². The summed E-state index contributed by atoms with van der Waals surface area (Å²) in [4.78, 5) is 14.4. The van der Waals surface area contributed by atoms with Crippen molar-refractivity contribution in [1.29, 1.82) is 0 Å². The fourth-order valence-corrected chi connectivity index (χ4v) is 3.19. The highest BCUT2D eigenvalue weighted by molar-refractivity contribution is 5.76. The fourth-order valence-electron chi connectivity index (χ4n) is 3.19. The Balaban J connectivity index is 1.39. The summed E-state index contributed by atoms with van der Waals surface area (Å²) in [6, 6.07) is 14.0. The molecule has 1 unspecified atom stereocenters. The second kappa shape index (κ2) is 9.16. The molecule has 1 atom stereocenters. The van der Waals surface area contributed by atoms with Gasteiger partial charge in [0.05, 0.1) is 6.54 Å². The molecule has 132 valence electrons. The lowest BCUT2D eigenvalue weighted by Gasteiger charge is -2.32. The van der Waals surface area contributed by atoms with E-state index >= 15 is 0 Å². The number of likely N-dealkylation sites (tertiary alicyclic amines) is 1. The first-order valence-corrected chi connectivity index (χ1v) is 9.07. The minimum Gasteiger partial charge on any atom is -0.471 e. The highest BCUT2D eigenvalue weighted by atomic mass is 16.5. The summed E-state index contributed by atoms with van der Waals surface area (Å²) in [5.41, 5.74) is 1.34. The number of aryl methyl sites for hydroxylation is 1. The summed E-state index contributed by atoms with van der Waals surface area (Å²) < 4.78 is 5.85. The molecule has 0 spiro atoms. The summed E-state index contributed by atoms with van der Waals surface area (Å²) in [5, 5.41) is 7.78. The van der Waals surface area contributed by atoms with Crippen molar-refractivity contribution >= 4 is 5.91 Å². The van der Waals surface area contributed by atoms with Crippen LogP contribution in [0.1, 0.15) is 37.7 Å². The van der Waals surface area contributed by atoms with Gasteiger partial charge in [-0.25, -0.2) is 0 Å². The third kappa shape index (κ3) is 5.55. The van der Waals surface area contributed by atoms with Gasteiger partial charge in [-0.2, -0.15) is 5.10 Å². The molecular weight excluding hydrogens is 314 g/mol. The van der Waals surface area contributed by atoms with E-state index in [-0.39, 0.29) is 12.0 Å². The molecule has 0 bridgehead atoms. The van der Waals surface area contributed by atoms with Crippen molar-refractivity contribution in [1.82, 2.24) is 15.1 Å². The van der Waals surface area contributed by atoms with E-state index in [2.05, 4.69) is 34.5 Å². The zero-order chi connectivity index (χ0) is 17.3. The second-order valence-electron chi connectivity index (χ2n) is 6.48. The number of rotatable bonds is 7. The van der Waals surface area contributed by atoms with Crippen LogP contribution in [0.2, 0.25) is 0 Å². The lowest BCUT2D eigenvalue weighted by Crippen LogP contribution is -2.44. The molecule has 0 aliphatic carbocycles. The molecule has 1 aliphatic heterocycles. The van der Waals surface area contributed by atoms with Gasteiger partial charge in [0, 0.05) is 25.2 Å². The molecule has 1 fully saturated rings. The van der Waals surface area contributed by atoms with E-state index in [0.29, 0.717) is 18.8 Å². The highest BCUT2D eigenvalue weighted by Gasteiger charge is 2.24. The van der Waals surface area contributed by atoms with Gasteiger partial charge in [0.15, 0.2) is 0 Å². The quantitative estimate of drug-likeness (QED) is 0.727. The number of unbranched alkanes of at least 4 members (excludes halogenated alkanes) is 1. The smallest absolute Gasteiger partial charge is 0.233 e. The van der Waals surface area contributed by atoms with E-state index in [0.717, 1.165) is 38.6 Å². The first kappa shape index (κ1) is 17.4. The van der Waals surface area contributed by atoms with Crippen molar-refractivity contribution < 1.29 is 9.53 Å². The molecular formula is C20H25N3O2. The van der Waals surface area contributed by atoms with Crippen LogP contribution in [0.5, 0.6) is 5.88 Å². The Labute approximate surface area is 149 Å². The van der Waals surface area contributed by atoms with Gasteiger partial charge in [0.2, 0.25) is 11.8 Å². The lowest BCUT2D eigenvalue weighted by atomic mass is 10.1. The monoisotopic (exact) mass is 339 g/mol. The normalized spacial score (nSPS) is 17.3. The molecule has 5 nitrogen and oxygen atoms in total. The Hall–Kier alpha value is -2.43. The van der Waals surface area contributed by atoms with Crippen molar-refractivity contribution in [2.75, 3.05) is 13.1 Å². The number of piperidine rings is 1. The summed E-state index contributed by atoms with van der Waals surface area (Å²) in [7, 11) is 0. The second-order valence-corrected chi connectivity index (χ2v) is 6.48. The highest BCUT2D eigenvalue weighted by Crippen LogP contribution is 2.17. The number of nitrogens with zero attached hydrogens (tertiary/aromatic N) is 3. The number of hydrogen-bond acceptors (Lipinski definition) is 4. The summed E-state index contributed by atoms with van der Waals surface area (Å²) >= 11 is 0. The molecule has 1 aromatic carbocycles. The van der Waals surface area contributed by atoms with Crippen molar-refractivity contribution in [3.05, 3.63) is 54.2 Å². The van der Waals surface area contributed by atoms with Gasteiger partial charge < -0.3 is 9.64 Å². The SMILES string of the molecule is O=C(CCCCc1ccccc1)N1CCCC(Oc2cccnn2)C1. The van der Waals surface area contributed by atoms with E-state index < -0.39 is 0 Å². The molecule has 1 aliphatic rings. The van der Waals surface area contributed by atoms with E-state index in [9.17, 15) is 4.79 Å². The average molecular weight is 339 g/mol. The molecule has 2 heterocycles. The van der Waals surface area contributed by atoms with E-state index in [1.807, 2.05) is 11.0 Å². The third-order valence-corrected chi connectivity index (χ3v) is 4.52. The number of carbonyl (C=O) groups excluding carboxylic acids is 1. The van der Waals surface area contributed by atoms with E-state index in [1.165, 1.54) is 5.56 Å². The average Bonchev–Trinajstić information content (AvgIpc) is 2.67. The Bertz CT molecular complexity index is 649. The summed E-state index contributed by atoms with van der Waals surface area (Å²) in [6.45, 7) is 1.48. The molecule has 3 rings (SSSR count). The standard InChI is InChI=1S/C20H25N3O2/c24-20(13-5-4-10-17-8-2-1-3-9-17)23-15-7-11-18(16-23)25-19-12-6-14-21-22-19/h1-3,6,8-9,12,14,18H,4-5,7,10-11,13,15-16H2. The van der Waals surface area contributed by atoms with Crippen molar-refractivity contribution in [2.24, 2.45) is 0 Å². The van der Waals surface area contributed by atoms with Crippen LogP contribution >= 0.6 is 0 Å². The van der Waals surface area contributed by atoms with Gasteiger partial charge >= 0.3 is 0 Å². The molecule has 5 heteroatoms. The molecule has 1 aromatic heterocycles. The van der Waals surface area contributed by atoms with Crippen LogP contribution in [-0.2, 0) is 11.2 Å². The van der Waals surface area contributed by atoms with Gasteiger partial charge in [-0.1, -0.05) is 30.3 Å². The minimum absolute atomic E-state index is 0.0127. The molecule has 0 saturated carbocycles. The molecule has 1 amide bonds.